The zero-order chi connectivity index (χ0) is 13.6. The quantitative estimate of drug-likeness (QED) is 0.427. The van der Waals surface area contributed by atoms with Gasteiger partial charge in [0, 0.05) is 12.1 Å². The smallest absolute Gasteiger partial charge is 0.188 e. The van der Waals surface area contributed by atoms with Crippen molar-refractivity contribution in [1.29, 1.82) is 0 Å². The van der Waals surface area contributed by atoms with E-state index in [4.69, 9.17) is 10.8 Å². The molecule has 0 bridgehead atoms. The molecule has 4 N–H and O–H groups in total. The third-order valence-electron chi connectivity index (χ3n) is 2.39. The topological polar surface area (TPSA) is 70.6 Å². The van der Waals surface area contributed by atoms with E-state index in [9.17, 15) is 0 Å². The Kier molecular flexibility index (Phi) is 8.01. The molecular formula is C14H24IN3O. The number of benzene rings is 1. The van der Waals surface area contributed by atoms with E-state index in [1.165, 1.54) is 5.56 Å². The standard InChI is InChI=1S/C14H23N3O.HI/c1-14(2,3)17-13(15)16-9-8-11-4-6-12(10-18)7-5-11;/h4-7,18H,8-10H2,1-3H3,(H3,15,16,17);1H. The number of nitrogens with two attached hydrogens (primary N) is 1. The minimum absolute atomic E-state index is 0. The molecule has 0 fully saturated rings. The Labute approximate surface area is 132 Å². The number of guanidine groups is 1. The van der Waals surface area contributed by atoms with Gasteiger partial charge in [-0.2, -0.15) is 0 Å². The zero-order valence-electron chi connectivity index (χ0n) is 11.8. The molecule has 1 aromatic carbocycles. The van der Waals surface area contributed by atoms with E-state index in [1.807, 2.05) is 45.0 Å². The van der Waals surface area contributed by atoms with Crippen LogP contribution in [0.3, 0.4) is 0 Å². The molecule has 19 heavy (non-hydrogen) atoms. The van der Waals surface area contributed by atoms with Crippen LogP contribution in [0.25, 0.3) is 0 Å². The van der Waals surface area contributed by atoms with Crippen LogP contribution >= 0.6 is 24.0 Å². The van der Waals surface area contributed by atoms with Gasteiger partial charge in [0.05, 0.1) is 6.61 Å². The highest BCUT2D eigenvalue weighted by atomic mass is 127. The number of halogens is 1. The van der Waals surface area contributed by atoms with Crippen LogP contribution in [0.1, 0.15) is 31.9 Å². The summed E-state index contributed by atoms with van der Waals surface area (Å²) in [5.74, 6) is 0.481. The van der Waals surface area contributed by atoms with Crippen LogP contribution < -0.4 is 11.1 Å². The maximum atomic E-state index is 8.94. The fourth-order valence-electron chi connectivity index (χ4n) is 1.54. The van der Waals surface area contributed by atoms with Crippen molar-refractivity contribution in [1.82, 2.24) is 5.32 Å². The van der Waals surface area contributed by atoms with Gasteiger partial charge < -0.3 is 16.2 Å². The number of nitrogens with zero attached hydrogens (tertiary/aromatic N) is 1. The maximum Gasteiger partial charge on any atom is 0.188 e. The Hall–Kier alpha value is -0.820. The van der Waals surface area contributed by atoms with Crippen molar-refractivity contribution in [2.75, 3.05) is 6.54 Å². The lowest BCUT2D eigenvalue weighted by molar-refractivity contribution is 0.282. The third kappa shape index (κ3) is 8.05. The molecule has 0 aliphatic rings. The molecule has 5 heteroatoms. The summed E-state index contributed by atoms with van der Waals surface area (Å²) in [6.07, 6.45) is 0.845. The largest absolute Gasteiger partial charge is 0.392 e. The van der Waals surface area contributed by atoms with E-state index < -0.39 is 0 Å². The first-order valence-corrected chi connectivity index (χ1v) is 6.17. The predicted molar refractivity (Wildman–Crippen MR) is 90.9 cm³/mol. The molecule has 0 atom stereocenters. The Balaban J connectivity index is 0.00000324. The number of nitrogens with one attached hydrogen (secondary N) is 1. The van der Waals surface area contributed by atoms with Gasteiger partial charge in [-0.3, -0.25) is 4.99 Å². The van der Waals surface area contributed by atoms with E-state index in [0.717, 1.165) is 12.0 Å². The van der Waals surface area contributed by atoms with E-state index >= 15 is 0 Å². The van der Waals surface area contributed by atoms with Crippen LogP contribution in [0.4, 0.5) is 0 Å². The Morgan fingerprint density at radius 3 is 2.21 bits per heavy atom. The monoisotopic (exact) mass is 377 g/mol. The summed E-state index contributed by atoms with van der Waals surface area (Å²) >= 11 is 0. The highest BCUT2D eigenvalue weighted by molar-refractivity contribution is 14.0. The maximum absolute atomic E-state index is 8.94. The van der Waals surface area contributed by atoms with Crippen molar-refractivity contribution >= 4 is 29.9 Å². The number of hydrogen-bond acceptors (Lipinski definition) is 2. The summed E-state index contributed by atoms with van der Waals surface area (Å²) in [7, 11) is 0. The van der Waals surface area contributed by atoms with E-state index in [2.05, 4.69) is 10.3 Å². The second-order valence-electron chi connectivity index (χ2n) is 5.37. The minimum Gasteiger partial charge on any atom is -0.392 e. The number of aliphatic hydroxyl groups excluding tert-OH is 1. The summed E-state index contributed by atoms with van der Waals surface area (Å²) in [6.45, 7) is 6.88. The number of hydrogen-bond donors (Lipinski definition) is 3. The molecule has 0 spiro atoms. The van der Waals surface area contributed by atoms with E-state index in [0.29, 0.717) is 12.5 Å². The van der Waals surface area contributed by atoms with Gasteiger partial charge in [-0.25, -0.2) is 0 Å². The van der Waals surface area contributed by atoms with E-state index in [-0.39, 0.29) is 36.1 Å². The average Bonchev–Trinajstić information content (AvgIpc) is 2.27. The van der Waals surface area contributed by atoms with Crippen LogP contribution in [-0.4, -0.2) is 23.1 Å². The molecule has 0 aromatic heterocycles. The van der Waals surface area contributed by atoms with Crippen molar-refractivity contribution in [2.45, 2.75) is 39.3 Å². The van der Waals surface area contributed by atoms with Gasteiger partial charge in [0.25, 0.3) is 0 Å². The van der Waals surface area contributed by atoms with Crippen LogP contribution in [-0.2, 0) is 13.0 Å². The first-order chi connectivity index (χ1) is 8.40. The Morgan fingerprint density at radius 1 is 1.21 bits per heavy atom. The molecule has 0 unspecified atom stereocenters. The average molecular weight is 377 g/mol. The molecule has 4 nitrogen and oxygen atoms in total. The Bertz CT molecular complexity index is 396. The van der Waals surface area contributed by atoms with Gasteiger partial charge >= 0.3 is 0 Å². The van der Waals surface area contributed by atoms with Crippen LogP contribution in [0.5, 0.6) is 0 Å². The first-order valence-electron chi connectivity index (χ1n) is 6.17. The number of aliphatic hydroxyl groups is 1. The van der Waals surface area contributed by atoms with Crippen molar-refractivity contribution in [3.8, 4) is 0 Å². The van der Waals surface area contributed by atoms with Crippen LogP contribution in [0.15, 0.2) is 29.3 Å². The summed E-state index contributed by atoms with van der Waals surface area (Å²) in [6, 6.07) is 7.87. The first kappa shape index (κ1) is 18.2. The molecule has 108 valence electrons. The van der Waals surface area contributed by atoms with Crippen molar-refractivity contribution in [3.63, 3.8) is 0 Å². The molecule has 0 saturated heterocycles. The number of rotatable bonds is 4. The molecule has 1 aromatic rings. The number of aliphatic imine (C=N–C) groups is 1. The second kappa shape index (κ2) is 8.37. The summed E-state index contributed by atoms with van der Waals surface area (Å²) in [5.41, 5.74) is 7.84. The molecule has 0 radical (unpaired) electrons. The highest BCUT2D eigenvalue weighted by Crippen LogP contribution is 2.05. The van der Waals surface area contributed by atoms with Gasteiger partial charge in [-0.15, -0.1) is 24.0 Å². The molecule has 0 amide bonds. The normalized spacial score (nSPS) is 11.9. The molecule has 1 rings (SSSR count). The summed E-state index contributed by atoms with van der Waals surface area (Å²) in [5, 5.41) is 12.1. The lowest BCUT2D eigenvalue weighted by atomic mass is 10.1. The lowest BCUT2D eigenvalue weighted by Gasteiger charge is -2.20. The minimum atomic E-state index is -0.0592. The third-order valence-corrected chi connectivity index (χ3v) is 2.39. The zero-order valence-corrected chi connectivity index (χ0v) is 14.1. The predicted octanol–water partition coefficient (Wildman–Crippen LogP) is 2.04. The van der Waals surface area contributed by atoms with Crippen LogP contribution in [0, 0.1) is 0 Å². The van der Waals surface area contributed by atoms with E-state index in [1.54, 1.807) is 0 Å². The molecule has 0 aliphatic heterocycles. The fourth-order valence-corrected chi connectivity index (χ4v) is 1.54. The van der Waals surface area contributed by atoms with Gasteiger partial charge in [-0.05, 0) is 38.3 Å². The molecule has 0 saturated carbocycles. The van der Waals surface area contributed by atoms with Crippen molar-refractivity contribution in [2.24, 2.45) is 10.7 Å². The SMILES string of the molecule is CC(C)(C)NC(N)=NCCc1ccc(CO)cc1.I. The summed E-state index contributed by atoms with van der Waals surface area (Å²) < 4.78 is 0. The van der Waals surface area contributed by atoms with Gasteiger partial charge in [0.15, 0.2) is 5.96 Å². The lowest BCUT2D eigenvalue weighted by Crippen LogP contribution is -2.45. The fraction of sp³-hybridized carbons (Fsp3) is 0.500. The highest BCUT2D eigenvalue weighted by Gasteiger charge is 2.09. The molecule has 0 heterocycles. The second-order valence-corrected chi connectivity index (χ2v) is 5.37. The van der Waals surface area contributed by atoms with Crippen molar-refractivity contribution < 1.29 is 5.11 Å². The van der Waals surface area contributed by atoms with Crippen molar-refractivity contribution in [3.05, 3.63) is 35.4 Å². The van der Waals surface area contributed by atoms with Gasteiger partial charge in [0.2, 0.25) is 0 Å². The molecule has 0 aliphatic carbocycles. The summed E-state index contributed by atoms with van der Waals surface area (Å²) in [4.78, 5) is 4.28. The Morgan fingerprint density at radius 2 is 1.74 bits per heavy atom. The molecular weight excluding hydrogens is 353 g/mol. The van der Waals surface area contributed by atoms with Gasteiger partial charge in [0.1, 0.15) is 0 Å². The van der Waals surface area contributed by atoms with Crippen LogP contribution in [0.2, 0.25) is 0 Å². The van der Waals surface area contributed by atoms with Gasteiger partial charge in [-0.1, -0.05) is 24.3 Å².